The summed E-state index contributed by atoms with van der Waals surface area (Å²) in [5.74, 6) is 0.636. The number of hydrogen-bond acceptors (Lipinski definition) is 4. The molecule has 0 aliphatic carbocycles. The van der Waals surface area contributed by atoms with Crippen molar-refractivity contribution >= 4 is 29.1 Å². The topological polar surface area (TPSA) is 68.2 Å². The van der Waals surface area contributed by atoms with E-state index in [4.69, 9.17) is 4.74 Å². The van der Waals surface area contributed by atoms with E-state index in [-0.39, 0.29) is 18.3 Å². The van der Waals surface area contributed by atoms with Crippen LogP contribution in [0.1, 0.15) is 29.4 Å². The summed E-state index contributed by atoms with van der Waals surface area (Å²) in [5, 5.41) is 13.0. The zero-order valence-corrected chi connectivity index (χ0v) is 16.5. The van der Waals surface area contributed by atoms with Gasteiger partial charge in [-0.1, -0.05) is 30.3 Å². The second-order valence-corrected chi connectivity index (χ2v) is 6.79. The maximum atomic E-state index is 12.3. The van der Waals surface area contributed by atoms with Crippen LogP contribution in [0.5, 0.6) is 5.75 Å². The summed E-state index contributed by atoms with van der Waals surface area (Å²) >= 11 is 0. The molecule has 0 saturated carbocycles. The van der Waals surface area contributed by atoms with Gasteiger partial charge in [0.1, 0.15) is 18.1 Å². The summed E-state index contributed by atoms with van der Waals surface area (Å²) in [4.78, 5) is 12.3. The minimum absolute atomic E-state index is 0. The molecule has 148 valence electrons. The number of ether oxygens (including phenoxy) is 1. The number of halogens is 1. The van der Waals surface area contributed by atoms with Gasteiger partial charge in [-0.25, -0.2) is 0 Å². The average Bonchev–Trinajstić information content (AvgIpc) is 3.22. The molecule has 3 aromatic rings. The van der Waals surface area contributed by atoms with Gasteiger partial charge in [-0.2, -0.15) is 5.10 Å². The first-order valence-electron chi connectivity index (χ1n) is 9.45. The van der Waals surface area contributed by atoms with Gasteiger partial charge in [0.25, 0.3) is 5.91 Å². The predicted molar refractivity (Wildman–Crippen MR) is 112 cm³/mol. The second kappa shape index (κ2) is 9.57. The number of nitrogens with zero attached hydrogens (tertiary/aromatic N) is 2. The molecular formula is C21H25ClN4O2. The van der Waals surface area contributed by atoms with Gasteiger partial charge in [-0.05, 0) is 48.4 Å². The molecule has 1 atom stereocenters. The standard InChI is InChI=1S/C21H24N4O2.ClH/c26-21(20-9-12-25(24-20)18-6-3-10-22-15-18)23-11-13-27-19-8-7-16-4-1-2-5-17(16)14-19;/h1-2,4-5,7-9,12,14,18,22H,3,6,10-11,13,15H2,(H,23,26);1H. The van der Waals surface area contributed by atoms with Gasteiger partial charge in [-0.3, -0.25) is 9.48 Å². The van der Waals surface area contributed by atoms with Crippen LogP contribution in [0.4, 0.5) is 0 Å². The van der Waals surface area contributed by atoms with E-state index in [1.807, 2.05) is 41.2 Å². The summed E-state index contributed by atoms with van der Waals surface area (Å²) in [7, 11) is 0. The Hall–Kier alpha value is -2.57. The molecule has 1 aliphatic heterocycles. The van der Waals surface area contributed by atoms with E-state index in [1.54, 1.807) is 6.07 Å². The van der Waals surface area contributed by atoms with Crippen LogP contribution in [0.15, 0.2) is 54.7 Å². The van der Waals surface area contributed by atoms with Crippen LogP contribution < -0.4 is 15.4 Å². The first kappa shape index (κ1) is 20.2. The highest BCUT2D eigenvalue weighted by molar-refractivity contribution is 5.92. The number of rotatable bonds is 6. The summed E-state index contributed by atoms with van der Waals surface area (Å²) < 4.78 is 7.65. The van der Waals surface area contributed by atoms with Crippen molar-refractivity contribution in [1.82, 2.24) is 20.4 Å². The number of aromatic nitrogens is 2. The molecule has 28 heavy (non-hydrogen) atoms. The molecule has 2 heterocycles. The molecule has 7 heteroatoms. The molecule has 1 fully saturated rings. The van der Waals surface area contributed by atoms with Crippen LogP contribution in [0.25, 0.3) is 10.8 Å². The maximum Gasteiger partial charge on any atom is 0.271 e. The summed E-state index contributed by atoms with van der Waals surface area (Å²) in [6.07, 6.45) is 4.12. The zero-order valence-electron chi connectivity index (χ0n) is 15.6. The number of fused-ring (bicyclic) bond motifs is 1. The van der Waals surface area contributed by atoms with Crippen molar-refractivity contribution in [2.24, 2.45) is 0 Å². The highest BCUT2D eigenvalue weighted by atomic mass is 35.5. The highest BCUT2D eigenvalue weighted by Crippen LogP contribution is 2.20. The molecular weight excluding hydrogens is 376 g/mol. The molecule has 2 N–H and O–H groups in total. The molecule has 0 bridgehead atoms. The summed E-state index contributed by atoms with van der Waals surface area (Å²) in [6, 6.07) is 16.3. The summed E-state index contributed by atoms with van der Waals surface area (Å²) in [5.41, 5.74) is 0.450. The van der Waals surface area contributed by atoms with Gasteiger partial charge in [0, 0.05) is 12.7 Å². The monoisotopic (exact) mass is 400 g/mol. The van der Waals surface area contributed by atoms with E-state index in [9.17, 15) is 4.79 Å². The quantitative estimate of drug-likeness (QED) is 0.623. The molecule has 2 aromatic carbocycles. The molecule has 0 spiro atoms. The molecule has 1 unspecified atom stereocenters. The highest BCUT2D eigenvalue weighted by Gasteiger charge is 2.17. The van der Waals surface area contributed by atoms with Gasteiger partial charge >= 0.3 is 0 Å². The van der Waals surface area contributed by atoms with E-state index in [2.05, 4.69) is 27.9 Å². The lowest BCUT2D eigenvalue weighted by molar-refractivity contribution is 0.0940. The van der Waals surface area contributed by atoms with Crippen molar-refractivity contribution in [3.8, 4) is 5.75 Å². The van der Waals surface area contributed by atoms with Gasteiger partial charge in [-0.15, -0.1) is 12.4 Å². The van der Waals surface area contributed by atoms with Gasteiger partial charge in [0.15, 0.2) is 0 Å². The van der Waals surface area contributed by atoms with Crippen molar-refractivity contribution in [2.45, 2.75) is 18.9 Å². The zero-order chi connectivity index (χ0) is 18.5. The molecule has 1 aliphatic rings. The smallest absolute Gasteiger partial charge is 0.271 e. The average molecular weight is 401 g/mol. The van der Waals surface area contributed by atoms with Gasteiger partial charge in [0.05, 0.1) is 12.6 Å². The number of piperidine rings is 1. The van der Waals surface area contributed by atoms with Crippen LogP contribution in [-0.2, 0) is 0 Å². The molecule has 4 rings (SSSR count). The largest absolute Gasteiger partial charge is 0.492 e. The van der Waals surface area contributed by atoms with Gasteiger partial charge in [0.2, 0.25) is 0 Å². The Balaban J connectivity index is 0.00000225. The van der Waals surface area contributed by atoms with E-state index < -0.39 is 0 Å². The van der Waals surface area contributed by atoms with Gasteiger partial charge < -0.3 is 15.4 Å². The number of hydrogen-bond donors (Lipinski definition) is 2. The first-order chi connectivity index (χ1) is 13.3. The van der Waals surface area contributed by atoms with Crippen LogP contribution in [-0.4, -0.2) is 41.9 Å². The Bertz CT molecular complexity index is 921. The Labute approximate surface area is 170 Å². The molecule has 6 nitrogen and oxygen atoms in total. The fraction of sp³-hybridized carbons (Fsp3) is 0.333. The molecule has 1 saturated heterocycles. The Morgan fingerprint density at radius 2 is 2.07 bits per heavy atom. The van der Waals surface area contributed by atoms with Crippen molar-refractivity contribution in [1.29, 1.82) is 0 Å². The van der Waals surface area contributed by atoms with E-state index in [0.717, 1.165) is 37.1 Å². The van der Waals surface area contributed by atoms with E-state index in [0.29, 0.717) is 24.9 Å². The lowest BCUT2D eigenvalue weighted by Gasteiger charge is -2.22. The molecule has 1 amide bonds. The third-order valence-corrected chi connectivity index (χ3v) is 4.86. The fourth-order valence-corrected chi connectivity index (χ4v) is 3.40. The Morgan fingerprint density at radius 1 is 1.21 bits per heavy atom. The van der Waals surface area contributed by atoms with Crippen molar-refractivity contribution in [3.63, 3.8) is 0 Å². The van der Waals surface area contributed by atoms with E-state index in [1.165, 1.54) is 5.39 Å². The fourth-order valence-electron chi connectivity index (χ4n) is 3.40. The minimum atomic E-state index is -0.167. The first-order valence-corrected chi connectivity index (χ1v) is 9.45. The number of benzene rings is 2. The van der Waals surface area contributed by atoms with Crippen LogP contribution >= 0.6 is 12.4 Å². The maximum absolute atomic E-state index is 12.3. The van der Waals surface area contributed by atoms with Crippen LogP contribution in [0, 0.1) is 0 Å². The minimum Gasteiger partial charge on any atom is -0.492 e. The number of nitrogens with one attached hydrogen (secondary N) is 2. The number of amides is 1. The Kier molecular flexibility index (Phi) is 6.90. The lowest BCUT2D eigenvalue weighted by Crippen LogP contribution is -2.32. The lowest BCUT2D eigenvalue weighted by atomic mass is 10.1. The molecule has 1 aromatic heterocycles. The second-order valence-electron chi connectivity index (χ2n) is 6.79. The van der Waals surface area contributed by atoms with Crippen LogP contribution in [0.2, 0.25) is 0 Å². The molecule has 0 radical (unpaired) electrons. The third-order valence-electron chi connectivity index (χ3n) is 4.86. The van der Waals surface area contributed by atoms with Crippen LogP contribution in [0.3, 0.4) is 0 Å². The van der Waals surface area contributed by atoms with Crippen molar-refractivity contribution < 1.29 is 9.53 Å². The SMILES string of the molecule is Cl.O=C(NCCOc1ccc2ccccc2c1)c1ccn(C2CCCNC2)n1. The van der Waals surface area contributed by atoms with E-state index >= 15 is 0 Å². The van der Waals surface area contributed by atoms with Crippen molar-refractivity contribution in [3.05, 3.63) is 60.4 Å². The number of carbonyl (C=O) groups is 1. The number of carbonyl (C=O) groups excluding carboxylic acids is 1. The summed E-state index contributed by atoms with van der Waals surface area (Å²) in [6.45, 7) is 2.81. The Morgan fingerprint density at radius 3 is 2.89 bits per heavy atom. The predicted octanol–water partition coefficient (Wildman–Crippen LogP) is 3.19. The third kappa shape index (κ3) is 4.82. The normalized spacial score (nSPS) is 16.4. The van der Waals surface area contributed by atoms with Crippen molar-refractivity contribution in [2.75, 3.05) is 26.2 Å².